The highest BCUT2D eigenvalue weighted by atomic mass is 35.5. The number of ether oxygens (including phenoxy) is 1. The molecule has 5 heteroatoms. The zero-order chi connectivity index (χ0) is 13.9. The van der Waals surface area contributed by atoms with E-state index in [1.54, 1.807) is 29.8 Å². The Balaban J connectivity index is 2.16. The molecule has 0 fully saturated rings. The third-order valence-electron chi connectivity index (χ3n) is 2.99. The molecule has 0 aromatic carbocycles. The van der Waals surface area contributed by atoms with Crippen molar-refractivity contribution in [2.45, 2.75) is 25.5 Å². The molecule has 2 aromatic rings. The van der Waals surface area contributed by atoms with Crippen LogP contribution in [0.2, 0.25) is 4.34 Å². The van der Waals surface area contributed by atoms with Gasteiger partial charge in [-0.3, -0.25) is 0 Å². The minimum Gasteiger partial charge on any atom is -0.377 e. The lowest BCUT2D eigenvalue weighted by Gasteiger charge is -2.26. The van der Waals surface area contributed by atoms with E-state index in [2.05, 4.69) is 42.7 Å². The van der Waals surface area contributed by atoms with E-state index in [0.29, 0.717) is 0 Å². The van der Waals surface area contributed by atoms with Crippen LogP contribution in [0.25, 0.3) is 0 Å². The molecule has 0 bridgehead atoms. The first-order chi connectivity index (χ1) is 9.02. The summed E-state index contributed by atoms with van der Waals surface area (Å²) in [4.78, 5) is 2.53. The van der Waals surface area contributed by atoms with Gasteiger partial charge in [-0.15, -0.1) is 22.7 Å². The van der Waals surface area contributed by atoms with Crippen LogP contribution in [0, 0.1) is 0 Å². The van der Waals surface area contributed by atoms with E-state index in [4.69, 9.17) is 16.3 Å². The Labute approximate surface area is 127 Å². The van der Waals surface area contributed by atoms with Crippen molar-refractivity contribution in [1.82, 2.24) is 5.32 Å². The molecule has 1 N–H and O–H groups in total. The van der Waals surface area contributed by atoms with Crippen molar-refractivity contribution < 1.29 is 4.74 Å². The quantitative estimate of drug-likeness (QED) is 0.843. The standard InChI is InChI=1S/C14H18ClNOS2/c1-14(2,17-3)9-16-13(10-5-4-8-18-10)11-6-7-12(15)19-11/h4-8,13,16H,9H2,1-3H3. The van der Waals surface area contributed by atoms with E-state index in [9.17, 15) is 0 Å². The van der Waals surface area contributed by atoms with Gasteiger partial charge in [0.25, 0.3) is 0 Å². The molecule has 2 nitrogen and oxygen atoms in total. The summed E-state index contributed by atoms with van der Waals surface area (Å²) < 4.78 is 6.29. The average Bonchev–Trinajstić information content (AvgIpc) is 3.02. The molecule has 104 valence electrons. The van der Waals surface area contributed by atoms with Crippen LogP contribution in [0.5, 0.6) is 0 Å². The zero-order valence-corrected chi connectivity index (χ0v) is 13.7. The molecule has 1 atom stereocenters. The number of halogens is 1. The summed E-state index contributed by atoms with van der Waals surface area (Å²) in [5, 5.41) is 5.68. The van der Waals surface area contributed by atoms with Gasteiger partial charge in [-0.2, -0.15) is 0 Å². The zero-order valence-electron chi connectivity index (χ0n) is 11.3. The van der Waals surface area contributed by atoms with Crippen LogP contribution in [0.3, 0.4) is 0 Å². The van der Waals surface area contributed by atoms with Crippen molar-refractivity contribution in [1.29, 1.82) is 0 Å². The van der Waals surface area contributed by atoms with Gasteiger partial charge in [0.2, 0.25) is 0 Å². The largest absolute Gasteiger partial charge is 0.377 e. The summed E-state index contributed by atoms with van der Waals surface area (Å²) in [5.41, 5.74) is -0.184. The lowest BCUT2D eigenvalue weighted by atomic mass is 10.1. The number of thiophene rings is 2. The van der Waals surface area contributed by atoms with Crippen molar-refractivity contribution in [3.05, 3.63) is 43.7 Å². The predicted molar refractivity (Wildman–Crippen MR) is 84.6 cm³/mol. The Morgan fingerprint density at radius 3 is 2.63 bits per heavy atom. The molecular formula is C14H18ClNOS2. The van der Waals surface area contributed by atoms with Crippen LogP contribution in [0.1, 0.15) is 29.6 Å². The summed E-state index contributed by atoms with van der Waals surface area (Å²) in [6.45, 7) is 4.93. The third-order valence-corrected chi connectivity index (χ3v) is 5.22. The van der Waals surface area contributed by atoms with Gasteiger partial charge in [0.15, 0.2) is 0 Å². The first kappa shape index (κ1) is 15.0. The number of hydrogen-bond donors (Lipinski definition) is 1. The smallest absolute Gasteiger partial charge is 0.0931 e. The Morgan fingerprint density at radius 1 is 1.32 bits per heavy atom. The highest BCUT2D eigenvalue weighted by molar-refractivity contribution is 7.16. The van der Waals surface area contributed by atoms with Crippen molar-refractivity contribution >= 4 is 34.3 Å². The molecule has 0 saturated heterocycles. The van der Waals surface area contributed by atoms with Gasteiger partial charge in [-0.1, -0.05) is 17.7 Å². The number of nitrogens with one attached hydrogen (secondary N) is 1. The van der Waals surface area contributed by atoms with E-state index >= 15 is 0 Å². The Hall–Kier alpha value is -0.390. The second-order valence-corrected chi connectivity index (χ2v) is 7.66. The predicted octanol–water partition coefficient (Wildman–Crippen LogP) is 4.57. The van der Waals surface area contributed by atoms with Gasteiger partial charge in [-0.25, -0.2) is 0 Å². The summed E-state index contributed by atoms with van der Waals surface area (Å²) in [6, 6.07) is 8.45. The first-order valence-corrected chi connectivity index (χ1v) is 8.16. The summed E-state index contributed by atoms with van der Waals surface area (Å²) in [5.74, 6) is 0. The molecule has 1 unspecified atom stereocenters. The molecular weight excluding hydrogens is 298 g/mol. The maximum Gasteiger partial charge on any atom is 0.0931 e. The molecule has 2 heterocycles. The van der Waals surface area contributed by atoms with Crippen molar-refractivity contribution in [3.63, 3.8) is 0 Å². The molecule has 0 amide bonds. The Morgan fingerprint density at radius 2 is 2.11 bits per heavy atom. The van der Waals surface area contributed by atoms with E-state index in [1.165, 1.54) is 9.75 Å². The minimum absolute atomic E-state index is 0.184. The number of hydrogen-bond acceptors (Lipinski definition) is 4. The second-order valence-electron chi connectivity index (χ2n) is 4.94. The first-order valence-electron chi connectivity index (χ1n) is 6.09. The van der Waals surface area contributed by atoms with E-state index in [-0.39, 0.29) is 11.6 Å². The number of rotatable bonds is 6. The topological polar surface area (TPSA) is 21.3 Å². The fourth-order valence-corrected chi connectivity index (χ4v) is 3.75. The molecule has 2 aromatic heterocycles. The summed E-state index contributed by atoms with van der Waals surface area (Å²) in [6.07, 6.45) is 0. The SMILES string of the molecule is COC(C)(C)CNC(c1cccs1)c1ccc(Cl)s1. The van der Waals surface area contributed by atoms with Gasteiger partial charge in [0, 0.05) is 23.4 Å². The van der Waals surface area contributed by atoms with E-state index < -0.39 is 0 Å². The van der Waals surface area contributed by atoms with Gasteiger partial charge < -0.3 is 10.1 Å². The van der Waals surface area contributed by atoms with Crippen LogP contribution in [0.4, 0.5) is 0 Å². The molecule has 19 heavy (non-hydrogen) atoms. The average molecular weight is 316 g/mol. The van der Waals surface area contributed by atoms with Crippen LogP contribution in [-0.2, 0) is 4.74 Å². The van der Waals surface area contributed by atoms with Crippen LogP contribution in [-0.4, -0.2) is 19.3 Å². The summed E-state index contributed by atoms with van der Waals surface area (Å²) in [7, 11) is 1.74. The molecule has 0 aliphatic carbocycles. The van der Waals surface area contributed by atoms with Crippen molar-refractivity contribution in [3.8, 4) is 0 Å². The van der Waals surface area contributed by atoms with Gasteiger partial charge in [0.05, 0.1) is 16.0 Å². The molecule has 0 radical (unpaired) electrons. The third kappa shape index (κ3) is 4.04. The highest BCUT2D eigenvalue weighted by Crippen LogP contribution is 2.33. The normalized spacial score (nSPS) is 13.7. The molecule has 0 aliphatic heterocycles. The Kier molecular flexibility index (Phi) is 5.03. The van der Waals surface area contributed by atoms with Gasteiger partial charge in [-0.05, 0) is 37.4 Å². The lowest BCUT2D eigenvalue weighted by Crippen LogP contribution is -2.38. The lowest BCUT2D eigenvalue weighted by molar-refractivity contribution is 0.0220. The molecule has 0 saturated carbocycles. The van der Waals surface area contributed by atoms with Crippen molar-refractivity contribution in [2.75, 3.05) is 13.7 Å². The second kappa shape index (κ2) is 6.37. The fourth-order valence-electron chi connectivity index (χ4n) is 1.70. The molecule has 0 spiro atoms. The maximum absolute atomic E-state index is 6.05. The van der Waals surface area contributed by atoms with E-state index in [1.807, 2.05) is 6.07 Å². The van der Waals surface area contributed by atoms with Crippen LogP contribution >= 0.6 is 34.3 Å². The monoisotopic (exact) mass is 315 g/mol. The van der Waals surface area contributed by atoms with Crippen LogP contribution in [0.15, 0.2) is 29.6 Å². The number of methoxy groups -OCH3 is 1. The van der Waals surface area contributed by atoms with Crippen LogP contribution < -0.4 is 5.32 Å². The molecule has 2 rings (SSSR count). The molecule has 0 aliphatic rings. The summed E-state index contributed by atoms with van der Waals surface area (Å²) >= 11 is 9.43. The minimum atomic E-state index is -0.184. The highest BCUT2D eigenvalue weighted by Gasteiger charge is 2.22. The van der Waals surface area contributed by atoms with Crippen molar-refractivity contribution in [2.24, 2.45) is 0 Å². The van der Waals surface area contributed by atoms with Gasteiger partial charge in [0.1, 0.15) is 0 Å². The Bertz CT molecular complexity index is 507. The van der Waals surface area contributed by atoms with Gasteiger partial charge >= 0.3 is 0 Å². The maximum atomic E-state index is 6.05. The van der Waals surface area contributed by atoms with E-state index in [0.717, 1.165) is 10.9 Å². The fraction of sp³-hybridized carbons (Fsp3) is 0.429.